The molecule has 1 aromatic carbocycles. The van der Waals surface area contributed by atoms with E-state index in [-0.39, 0.29) is 0 Å². The van der Waals surface area contributed by atoms with Crippen LogP contribution in [0.2, 0.25) is 5.02 Å². The number of hydrogen-bond acceptors (Lipinski definition) is 1. The molecule has 0 saturated heterocycles. The first-order valence-corrected chi connectivity index (χ1v) is 2.60. The molecule has 0 fully saturated rings. The predicted molar refractivity (Wildman–Crippen MR) is 34.7 cm³/mol. The second kappa shape index (κ2) is 2.05. The minimum Gasteiger partial charge on any atom is -0.398 e. The number of anilines is 1. The van der Waals surface area contributed by atoms with E-state index in [9.17, 15) is 0 Å². The number of benzene rings is 1. The molecule has 2 heteroatoms. The maximum Gasteiger partial charge on any atom is 0.0714 e. The quantitative estimate of drug-likeness (QED) is 0.527. The van der Waals surface area contributed by atoms with Crippen LogP contribution in [0.1, 0.15) is 0 Å². The van der Waals surface area contributed by atoms with Crippen molar-refractivity contribution in [1.29, 1.82) is 0 Å². The highest BCUT2D eigenvalue weighted by molar-refractivity contribution is 6.32. The van der Waals surface area contributed by atoms with Crippen molar-refractivity contribution >= 4 is 17.3 Å². The summed E-state index contributed by atoms with van der Waals surface area (Å²) >= 11 is 5.53. The second-order valence-electron chi connectivity index (χ2n) is 1.44. The third-order valence-corrected chi connectivity index (χ3v) is 1.16. The zero-order valence-electron chi connectivity index (χ0n) is 4.19. The van der Waals surface area contributed by atoms with Crippen molar-refractivity contribution in [3.63, 3.8) is 0 Å². The summed E-state index contributed by atoms with van der Waals surface area (Å²) in [6.45, 7) is 0. The van der Waals surface area contributed by atoms with Gasteiger partial charge in [0.1, 0.15) is 0 Å². The molecule has 41 valence electrons. The van der Waals surface area contributed by atoms with Gasteiger partial charge in [0.05, 0.1) is 10.7 Å². The van der Waals surface area contributed by atoms with Gasteiger partial charge in [-0.15, -0.1) is 0 Å². The van der Waals surface area contributed by atoms with Crippen LogP contribution in [-0.4, -0.2) is 0 Å². The summed E-state index contributed by atoms with van der Waals surface area (Å²) < 4.78 is 0. The molecular formula is C6H5ClN. The molecule has 0 aliphatic carbocycles. The van der Waals surface area contributed by atoms with Crippen LogP contribution in [0.15, 0.2) is 18.2 Å². The van der Waals surface area contributed by atoms with Crippen LogP contribution in [0.3, 0.4) is 0 Å². The van der Waals surface area contributed by atoms with Crippen LogP contribution in [0.25, 0.3) is 0 Å². The first kappa shape index (κ1) is 5.45. The largest absolute Gasteiger partial charge is 0.398 e. The van der Waals surface area contributed by atoms with Crippen molar-refractivity contribution < 1.29 is 0 Å². The molecule has 8 heavy (non-hydrogen) atoms. The standard InChI is InChI=1S/C6H5ClN/c7-5-3-1-2-4-6(5)8/h1-2,4H,8H2. The van der Waals surface area contributed by atoms with Gasteiger partial charge >= 0.3 is 0 Å². The first-order valence-electron chi connectivity index (χ1n) is 2.22. The van der Waals surface area contributed by atoms with E-state index in [2.05, 4.69) is 6.07 Å². The van der Waals surface area contributed by atoms with Crippen LogP contribution < -0.4 is 5.73 Å². The molecule has 1 nitrogen and oxygen atoms in total. The highest BCUT2D eigenvalue weighted by Gasteiger charge is 1.88. The minimum atomic E-state index is 0.493. The molecule has 0 atom stereocenters. The lowest BCUT2D eigenvalue weighted by Gasteiger charge is -1.90. The van der Waals surface area contributed by atoms with E-state index in [0.29, 0.717) is 10.7 Å². The molecule has 0 spiro atoms. The summed E-state index contributed by atoms with van der Waals surface area (Å²) in [4.78, 5) is 0. The van der Waals surface area contributed by atoms with Gasteiger partial charge < -0.3 is 5.73 Å². The Kier molecular flexibility index (Phi) is 1.40. The summed E-state index contributed by atoms with van der Waals surface area (Å²) in [7, 11) is 0. The number of hydrogen-bond donors (Lipinski definition) is 1. The van der Waals surface area contributed by atoms with Crippen molar-refractivity contribution in [2.24, 2.45) is 0 Å². The number of halogens is 1. The molecule has 1 rings (SSSR count). The van der Waals surface area contributed by atoms with Crippen LogP contribution in [0.5, 0.6) is 0 Å². The molecule has 1 radical (unpaired) electrons. The highest BCUT2D eigenvalue weighted by atomic mass is 35.5. The van der Waals surface area contributed by atoms with Gasteiger partial charge in [-0.25, -0.2) is 0 Å². The van der Waals surface area contributed by atoms with Crippen molar-refractivity contribution in [1.82, 2.24) is 0 Å². The van der Waals surface area contributed by atoms with Gasteiger partial charge in [0.15, 0.2) is 0 Å². The average molecular weight is 127 g/mol. The molecule has 1 aromatic rings. The van der Waals surface area contributed by atoms with E-state index in [1.165, 1.54) is 0 Å². The molecular weight excluding hydrogens is 122 g/mol. The van der Waals surface area contributed by atoms with Gasteiger partial charge in [0.2, 0.25) is 0 Å². The fourth-order valence-corrected chi connectivity index (χ4v) is 0.556. The normalized spacial score (nSPS) is 9.12. The SMILES string of the molecule is Nc1ccc[c]c1Cl. The molecule has 2 N–H and O–H groups in total. The van der Waals surface area contributed by atoms with Gasteiger partial charge in [0.25, 0.3) is 0 Å². The number of nitrogens with two attached hydrogens (primary N) is 1. The van der Waals surface area contributed by atoms with Gasteiger partial charge in [-0.3, -0.25) is 0 Å². The Hall–Kier alpha value is -0.690. The monoisotopic (exact) mass is 126 g/mol. The summed E-state index contributed by atoms with van der Waals surface area (Å²) in [6, 6.07) is 7.99. The molecule has 0 unspecified atom stereocenters. The Morgan fingerprint density at radius 3 is 2.75 bits per heavy atom. The molecule has 0 aromatic heterocycles. The van der Waals surface area contributed by atoms with Gasteiger partial charge in [-0.1, -0.05) is 23.7 Å². The third kappa shape index (κ3) is 0.928. The molecule has 0 bridgehead atoms. The lowest BCUT2D eigenvalue weighted by molar-refractivity contribution is 1.67. The Morgan fingerprint density at radius 2 is 2.38 bits per heavy atom. The minimum absolute atomic E-state index is 0.493. The van der Waals surface area contributed by atoms with Gasteiger partial charge in [-0.2, -0.15) is 0 Å². The van der Waals surface area contributed by atoms with Crippen LogP contribution in [0.4, 0.5) is 5.69 Å². The Labute approximate surface area is 53.1 Å². The fraction of sp³-hybridized carbons (Fsp3) is 0. The van der Waals surface area contributed by atoms with Crippen molar-refractivity contribution in [3.8, 4) is 0 Å². The first-order chi connectivity index (χ1) is 3.80. The highest BCUT2D eigenvalue weighted by Crippen LogP contribution is 2.14. The molecule has 0 amide bonds. The lowest BCUT2D eigenvalue weighted by Crippen LogP contribution is -1.83. The molecule has 0 aliphatic rings. The summed E-state index contributed by atoms with van der Waals surface area (Å²) in [5.41, 5.74) is 5.93. The van der Waals surface area contributed by atoms with Gasteiger partial charge in [0, 0.05) is 6.07 Å². The Morgan fingerprint density at radius 1 is 1.62 bits per heavy atom. The summed E-state index contributed by atoms with van der Waals surface area (Å²) in [5, 5.41) is 0.493. The fourth-order valence-electron chi connectivity index (χ4n) is 0.430. The maximum absolute atomic E-state index is 5.53. The molecule has 0 saturated carbocycles. The molecule has 0 heterocycles. The average Bonchev–Trinajstić information content (AvgIpc) is 1.77. The van der Waals surface area contributed by atoms with E-state index < -0.39 is 0 Å². The topological polar surface area (TPSA) is 26.0 Å². The number of rotatable bonds is 0. The van der Waals surface area contributed by atoms with E-state index in [0.717, 1.165) is 0 Å². The Bertz CT molecular complexity index is 165. The zero-order valence-corrected chi connectivity index (χ0v) is 4.94. The lowest BCUT2D eigenvalue weighted by atomic mass is 10.3. The predicted octanol–water partition coefficient (Wildman–Crippen LogP) is 1.72. The van der Waals surface area contributed by atoms with Gasteiger partial charge in [-0.05, 0) is 6.07 Å². The van der Waals surface area contributed by atoms with Crippen molar-refractivity contribution in [3.05, 3.63) is 29.3 Å². The summed E-state index contributed by atoms with van der Waals surface area (Å²) in [5.74, 6) is 0. The summed E-state index contributed by atoms with van der Waals surface area (Å²) in [6.07, 6.45) is 0. The van der Waals surface area contributed by atoms with Crippen LogP contribution in [-0.2, 0) is 0 Å². The Balaban J connectivity index is 3.13. The van der Waals surface area contributed by atoms with Crippen molar-refractivity contribution in [2.75, 3.05) is 5.73 Å². The smallest absolute Gasteiger partial charge is 0.0714 e. The van der Waals surface area contributed by atoms with E-state index >= 15 is 0 Å². The van der Waals surface area contributed by atoms with Crippen molar-refractivity contribution in [2.45, 2.75) is 0 Å². The van der Waals surface area contributed by atoms with Crippen LogP contribution in [0, 0.1) is 6.07 Å². The maximum atomic E-state index is 5.53. The van der Waals surface area contributed by atoms with E-state index in [1.54, 1.807) is 18.2 Å². The van der Waals surface area contributed by atoms with E-state index in [4.69, 9.17) is 17.3 Å². The zero-order chi connectivity index (χ0) is 5.98. The second-order valence-corrected chi connectivity index (χ2v) is 1.82. The van der Waals surface area contributed by atoms with Crippen LogP contribution >= 0.6 is 11.6 Å². The molecule has 0 aliphatic heterocycles. The number of nitrogen functional groups attached to an aromatic ring is 1. The van der Waals surface area contributed by atoms with E-state index in [1.807, 2.05) is 0 Å². The third-order valence-electron chi connectivity index (χ3n) is 0.836.